The van der Waals surface area contributed by atoms with Gasteiger partial charge in [0.25, 0.3) is 5.69 Å². The number of rotatable bonds is 4. The number of nitro groups is 1. The summed E-state index contributed by atoms with van der Waals surface area (Å²) in [5.41, 5.74) is 0.325. The summed E-state index contributed by atoms with van der Waals surface area (Å²) in [7, 11) is 1.26. The van der Waals surface area contributed by atoms with Gasteiger partial charge in [-0.2, -0.15) is 0 Å². The van der Waals surface area contributed by atoms with E-state index in [4.69, 9.17) is 0 Å². The molecule has 0 aliphatic heterocycles. The number of nitro benzene ring substituents is 1. The van der Waals surface area contributed by atoms with E-state index in [2.05, 4.69) is 9.73 Å². The lowest BCUT2D eigenvalue weighted by Crippen LogP contribution is -1.99. The molecule has 8 heteroatoms. The molecule has 1 aromatic heterocycles. The molecule has 0 spiro atoms. The van der Waals surface area contributed by atoms with Crippen molar-refractivity contribution in [2.75, 3.05) is 7.11 Å². The van der Waals surface area contributed by atoms with Gasteiger partial charge < -0.3 is 9.84 Å². The van der Waals surface area contributed by atoms with Crippen molar-refractivity contribution < 1.29 is 19.6 Å². The van der Waals surface area contributed by atoms with Gasteiger partial charge in [-0.3, -0.25) is 10.1 Å². The molecule has 2 aromatic rings. The van der Waals surface area contributed by atoms with Crippen LogP contribution in [0.2, 0.25) is 0 Å². The molecule has 0 saturated heterocycles. The van der Waals surface area contributed by atoms with E-state index in [0.717, 1.165) is 0 Å². The number of aromatic hydroxyl groups is 1. The largest absolute Gasteiger partial charge is 0.507 e. The Kier molecular flexibility index (Phi) is 4.29. The number of carbonyl (C=O) groups is 1. The van der Waals surface area contributed by atoms with E-state index in [1.54, 1.807) is 11.4 Å². The highest BCUT2D eigenvalue weighted by Gasteiger charge is 2.13. The quantitative estimate of drug-likeness (QED) is 0.405. The zero-order valence-electron chi connectivity index (χ0n) is 10.8. The Morgan fingerprint density at radius 3 is 2.90 bits per heavy atom. The van der Waals surface area contributed by atoms with E-state index in [1.165, 1.54) is 42.9 Å². The standard InChI is InChI=1S/C13H10N2O5S/c1-20-13(17)10-4-5-21-12(10)14-7-8-6-9(15(18)19)2-3-11(8)16/h2-7,16H,1H3. The van der Waals surface area contributed by atoms with Crippen molar-refractivity contribution in [3.05, 3.63) is 50.9 Å². The number of thiophene rings is 1. The minimum atomic E-state index is -0.568. The minimum Gasteiger partial charge on any atom is -0.507 e. The lowest BCUT2D eigenvalue weighted by molar-refractivity contribution is -0.384. The van der Waals surface area contributed by atoms with E-state index < -0.39 is 10.9 Å². The fourth-order valence-corrected chi connectivity index (χ4v) is 2.28. The van der Waals surface area contributed by atoms with Gasteiger partial charge >= 0.3 is 5.97 Å². The monoisotopic (exact) mass is 306 g/mol. The molecule has 21 heavy (non-hydrogen) atoms. The number of esters is 1. The molecule has 0 amide bonds. The highest BCUT2D eigenvalue weighted by Crippen LogP contribution is 2.28. The first-order chi connectivity index (χ1) is 10.0. The van der Waals surface area contributed by atoms with Crippen molar-refractivity contribution in [3.8, 4) is 5.75 Å². The molecule has 1 heterocycles. The fourth-order valence-electron chi connectivity index (χ4n) is 1.55. The molecule has 2 rings (SSSR count). The Hall–Kier alpha value is -2.74. The molecular weight excluding hydrogens is 296 g/mol. The van der Waals surface area contributed by atoms with Crippen molar-refractivity contribution >= 4 is 34.2 Å². The van der Waals surface area contributed by atoms with Crippen LogP contribution in [0.1, 0.15) is 15.9 Å². The predicted octanol–water partition coefficient (Wildman–Crippen LogP) is 2.90. The predicted molar refractivity (Wildman–Crippen MR) is 77.7 cm³/mol. The first kappa shape index (κ1) is 14.7. The van der Waals surface area contributed by atoms with Gasteiger partial charge in [-0.05, 0) is 17.5 Å². The normalized spacial score (nSPS) is 10.7. The lowest BCUT2D eigenvalue weighted by Gasteiger charge is -1.99. The number of ether oxygens (including phenoxy) is 1. The second-order valence-electron chi connectivity index (χ2n) is 3.89. The Balaban J connectivity index is 2.34. The first-order valence-electron chi connectivity index (χ1n) is 5.70. The van der Waals surface area contributed by atoms with Gasteiger partial charge in [0.05, 0.1) is 17.6 Å². The van der Waals surface area contributed by atoms with Crippen LogP contribution in [0.5, 0.6) is 5.75 Å². The van der Waals surface area contributed by atoms with Crippen LogP contribution in [0.15, 0.2) is 34.6 Å². The molecule has 0 aliphatic rings. The minimum absolute atomic E-state index is 0.138. The molecule has 1 N–H and O–H groups in total. The summed E-state index contributed by atoms with van der Waals surface area (Å²) in [6, 6.07) is 5.17. The van der Waals surface area contributed by atoms with Gasteiger partial charge in [0.15, 0.2) is 0 Å². The molecule has 0 unspecified atom stereocenters. The molecule has 0 atom stereocenters. The molecule has 0 bridgehead atoms. The van der Waals surface area contributed by atoms with E-state index in [0.29, 0.717) is 10.6 Å². The van der Waals surface area contributed by atoms with Crippen LogP contribution in [0.4, 0.5) is 10.7 Å². The molecule has 0 radical (unpaired) electrons. The SMILES string of the molecule is COC(=O)c1ccsc1N=Cc1cc([N+](=O)[O-])ccc1O. The number of benzene rings is 1. The number of methoxy groups -OCH3 is 1. The Bertz CT molecular complexity index is 723. The topological polar surface area (TPSA) is 102 Å². The Morgan fingerprint density at radius 2 is 2.24 bits per heavy atom. The van der Waals surface area contributed by atoms with Crippen LogP contribution < -0.4 is 0 Å². The molecule has 0 saturated carbocycles. The van der Waals surface area contributed by atoms with Crippen LogP contribution in [0, 0.1) is 10.1 Å². The number of non-ortho nitro benzene ring substituents is 1. The number of hydrogen-bond acceptors (Lipinski definition) is 7. The molecule has 108 valence electrons. The van der Waals surface area contributed by atoms with Crippen molar-refractivity contribution in [2.45, 2.75) is 0 Å². The summed E-state index contributed by atoms with van der Waals surface area (Å²) >= 11 is 1.21. The van der Waals surface area contributed by atoms with Crippen LogP contribution in [-0.2, 0) is 4.74 Å². The average molecular weight is 306 g/mol. The summed E-state index contributed by atoms with van der Waals surface area (Å²) in [4.78, 5) is 25.7. The van der Waals surface area contributed by atoms with Crippen molar-refractivity contribution in [1.29, 1.82) is 0 Å². The second kappa shape index (κ2) is 6.14. The number of phenolic OH excluding ortho intramolecular Hbond substituents is 1. The van der Waals surface area contributed by atoms with E-state index in [9.17, 15) is 20.0 Å². The summed E-state index contributed by atoms with van der Waals surface area (Å²) in [5.74, 6) is -0.660. The number of aliphatic imine (C=N–C) groups is 1. The van der Waals surface area contributed by atoms with Crippen molar-refractivity contribution in [2.24, 2.45) is 4.99 Å². The van der Waals surface area contributed by atoms with Gasteiger partial charge in [0.2, 0.25) is 0 Å². The molecule has 1 aromatic carbocycles. The van der Waals surface area contributed by atoms with Gasteiger partial charge in [-0.15, -0.1) is 11.3 Å². The summed E-state index contributed by atoms with van der Waals surface area (Å²) in [6.45, 7) is 0. The van der Waals surface area contributed by atoms with Crippen molar-refractivity contribution in [3.63, 3.8) is 0 Å². The summed E-state index contributed by atoms with van der Waals surface area (Å²) < 4.78 is 4.62. The average Bonchev–Trinajstić information content (AvgIpc) is 2.93. The van der Waals surface area contributed by atoms with Crippen molar-refractivity contribution in [1.82, 2.24) is 0 Å². The Labute approximate surface area is 123 Å². The third-order valence-electron chi connectivity index (χ3n) is 2.59. The second-order valence-corrected chi connectivity index (χ2v) is 4.78. The maximum Gasteiger partial charge on any atom is 0.340 e. The maximum atomic E-state index is 11.5. The third kappa shape index (κ3) is 3.23. The highest BCUT2D eigenvalue weighted by molar-refractivity contribution is 7.14. The molecule has 0 aliphatic carbocycles. The van der Waals surface area contributed by atoms with Crippen LogP contribution >= 0.6 is 11.3 Å². The zero-order valence-corrected chi connectivity index (χ0v) is 11.7. The van der Waals surface area contributed by atoms with Gasteiger partial charge in [-0.1, -0.05) is 0 Å². The molecule has 0 fully saturated rings. The zero-order chi connectivity index (χ0) is 15.4. The Morgan fingerprint density at radius 1 is 1.48 bits per heavy atom. The van der Waals surface area contributed by atoms with E-state index >= 15 is 0 Å². The van der Waals surface area contributed by atoms with E-state index in [1.807, 2.05) is 0 Å². The van der Waals surface area contributed by atoms with Gasteiger partial charge in [0.1, 0.15) is 10.8 Å². The maximum absolute atomic E-state index is 11.5. The smallest absolute Gasteiger partial charge is 0.340 e. The first-order valence-corrected chi connectivity index (χ1v) is 6.58. The molecule has 7 nitrogen and oxygen atoms in total. The van der Waals surface area contributed by atoms with Crippen LogP contribution in [-0.4, -0.2) is 29.3 Å². The summed E-state index contributed by atoms with van der Waals surface area (Å²) in [6.07, 6.45) is 1.26. The number of phenols is 1. The fraction of sp³-hybridized carbons (Fsp3) is 0.0769. The summed E-state index contributed by atoms with van der Waals surface area (Å²) in [5, 5.41) is 22.4. The molecular formula is C13H10N2O5S. The highest BCUT2D eigenvalue weighted by atomic mass is 32.1. The van der Waals surface area contributed by atoms with Crippen LogP contribution in [0.3, 0.4) is 0 Å². The number of nitrogens with zero attached hydrogens (tertiary/aromatic N) is 2. The number of hydrogen-bond donors (Lipinski definition) is 1. The lowest BCUT2D eigenvalue weighted by atomic mass is 10.2. The van der Waals surface area contributed by atoms with E-state index in [-0.39, 0.29) is 17.0 Å². The number of carbonyl (C=O) groups excluding carboxylic acids is 1. The van der Waals surface area contributed by atoms with Gasteiger partial charge in [-0.25, -0.2) is 9.79 Å². The third-order valence-corrected chi connectivity index (χ3v) is 3.41. The van der Waals surface area contributed by atoms with Gasteiger partial charge in [0, 0.05) is 23.9 Å². The van der Waals surface area contributed by atoms with Crippen LogP contribution in [0.25, 0.3) is 0 Å².